The number of rotatable bonds is 4. The number of sulfone groups is 1. The van der Waals surface area contributed by atoms with Crippen LogP contribution < -0.4 is 4.89 Å². The smallest absolute Gasteiger partial charge is 0.278 e. The largest absolute Gasteiger partial charge is 0.413 e. The van der Waals surface area contributed by atoms with Gasteiger partial charge in [-0.3, -0.25) is 4.84 Å². The molecule has 0 aromatic rings. The fourth-order valence-electron chi connectivity index (χ4n) is 1.27. The van der Waals surface area contributed by atoms with Crippen LogP contribution in [-0.2, 0) is 24.7 Å². The van der Waals surface area contributed by atoms with Crippen molar-refractivity contribution in [2.24, 2.45) is 0 Å². The summed E-state index contributed by atoms with van der Waals surface area (Å²) >= 11 is 0. The second kappa shape index (κ2) is 4.71. The number of nitrogens with one attached hydrogen (secondary N) is 1. The molecule has 0 aromatic carbocycles. The molecule has 17 heavy (non-hydrogen) atoms. The van der Waals surface area contributed by atoms with Crippen LogP contribution in [0.3, 0.4) is 0 Å². The first-order valence-corrected chi connectivity index (χ1v) is 7.78. The SMILES string of the molecule is O=S1(=O)CCC(S(=O)(=O)NOCC(F)(F)F)C1. The summed E-state index contributed by atoms with van der Waals surface area (Å²) in [5.41, 5.74) is 0. The Morgan fingerprint density at radius 1 is 1.35 bits per heavy atom. The Morgan fingerprint density at radius 2 is 1.94 bits per heavy atom. The first-order chi connectivity index (χ1) is 7.52. The molecule has 1 aliphatic rings. The maximum Gasteiger partial charge on any atom is 0.413 e. The molecule has 0 bridgehead atoms. The van der Waals surface area contributed by atoms with Crippen LogP contribution in [0.4, 0.5) is 13.2 Å². The predicted molar refractivity (Wildman–Crippen MR) is 51.1 cm³/mol. The molecule has 1 saturated heterocycles. The van der Waals surface area contributed by atoms with Crippen LogP contribution in [0, 0.1) is 0 Å². The van der Waals surface area contributed by atoms with Gasteiger partial charge in [0.25, 0.3) is 0 Å². The summed E-state index contributed by atoms with van der Waals surface area (Å²) in [6.07, 6.45) is -4.81. The molecule has 1 aliphatic heterocycles. The van der Waals surface area contributed by atoms with E-state index in [4.69, 9.17) is 0 Å². The van der Waals surface area contributed by atoms with Gasteiger partial charge in [0.15, 0.2) is 16.4 Å². The third kappa shape index (κ3) is 4.77. The summed E-state index contributed by atoms with van der Waals surface area (Å²) in [4.78, 5) is 5.07. The zero-order chi connectivity index (χ0) is 13.3. The molecule has 0 saturated carbocycles. The van der Waals surface area contributed by atoms with E-state index >= 15 is 0 Å². The molecular weight excluding hydrogens is 287 g/mol. The molecule has 1 unspecified atom stereocenters. The molecule has 6 nitrogen and oxygen atoms in total. The monoisotopic (exact) mass is 297 g/mol. The standard InChI is InChI=1S/C6H10F3NO5S2/c7-6(8,9)4-15-10-17(13,14)5-1-2-16(11,12)3-5/h5,10H,1-4H2. The average Bonchev–Trinajstić information content (AvgIpc) is 2.43. The minimum absolute atomic E-state index is 0.146. The van der Waals surface area contributed by atoms with Gasteiger partial charge in [0.1, 0.15) is 0 Å². The van der Waals surface area contributed by atoms with Crippen molar-refractivity contribution in [1.29, 1.82) is 0 Å². The fraction of sp³-hybridized carbons (Fsp3) is 1.00. The van der Waals surface area contributed by atoms with Gasteiger partial charge < -0.3 is 0 Å². The van der Waals surface area contributed by atoms with E-state index in [2.05, 4.69) is 4.84 Å². The van der Waals surface area contributed by atoms with Gasteiger partial charge in [0, 0.05) is 0 Å². The lowest BCUT2D eigenvalue weighted by Crippen LogP contribution is -2.37. The summed E-state index contributed by atoms with van der Waals surface area (Å²) in [7, 11) is -7.63. The van der Waals surface area contributed by atoms with Gasteiger partial charge in [-0.05, 0) is 6.42 Å². The highest BCUT2D eigenvalue weighted by molar-refractivity contribution is 7.95. The Kier molecular flexibility index (Phi) is 4.06. The lowest BCUT2D eigenvalue weighted by molar-refractivity contribution is -0.181. The minimum atomic E-state index is -4.66. The van der Waals surface area contributed by atoms with Crippen molar-refractivity contribution in [3.8, 4) is 0 Å². The van der Waals surface area contributed by atoms with E-state index in [0.717, 1.165) is 0 Å². The van der Waals surface area contributed by atoms with Crippen LogP contribution in [0.15, 0.2) is 0 Å². The Bertz CT molecular complexity index is 468. The number of halogens is 3. The van der Waals surface area contributed by atoms with Gasteiger partial charge in [-0.25, -0.2) is 16.8 Å². The second-order valence-corrected chi connectivity index (χ2v) is 7.71. The molecule has 0 aliphatic carbocycles. The molecule has 1 heterocycles. The number of hydrogen-bond donors (Lipinski definition) is 1. The summed E-state index contributed by atoms with van der Waals surface area (Å²) in [6, 6.07) is 0. The molecular formula is C6H10F3NO5S2. The van der Waals surface area contributed by atoms with E-state index in [1.165, 1.54) is 4.89 Å². The van der Waals surface area contributed by atoms with Crippen LogP contribution in [0.1, 0.15) is 6.42 Å². The Balaban J connectivity index is 2.53. The number of sulfonamides is 1. The van der Waals surface area contributed by atoms with E-state index in [-0.39, 0.29) is 12.2 Å². The van der Waals surface area contributed by atoms with Gasteiger partial charge in [0.2, 0.25) is 10.0 Å². The predicted octanol–water partition coefficient (Wildman–Crippen LogP) is -0.413. The van der Waals surface area contributed by atoms with Crippen LogP contribution in [0.2, 0.25) is 0 Å². The van der Waals surface area contributed by atoms with Crippen LogP contribution in [-0.4, -0.2) is 46.4 Å². The van der Waals surface area contributed by atoms with E-state index in [1.54, 1.807) is 0 Å². The molecule has 0 spiro atoms. The average molecular weight is 297 g/mol. The van der Waals surface area contributed by atoms with Crippen molar-refractivity contribution >= 4 is 19.9 Å². The fourth-order valence-corrected chi connectivity index (χ4v) is 5.09. The van der Waals surface area contributed by atoms with Crippen molar-refractivity contribution in [1.82, 2.24) is 4.89 Å². The highest BCUT2D eigenvalue weighted by Gasteiger charge is 2.38. The van der Waals surface area contributed by atoms with Crippen molar-refractivity contribution < 1.29 is 34.8 Å². The maximum atomic E-state index is 11.7. The molecule has 0 amide bonds. The summed E-state index contributed by atoms with van der Waals surface area (Å²) in [5, 5.41) is -1.26. The van der Waals surface area contributed by atoms with Crippen molar-refractivity contribution in [3.05, 3.63) is 0 Å². The lowest BCUT2D eigenvalue weighted by Gasteiger charge is -2.12. The van der Waals surface area contributed by atoms with Crippen LogP contribution in [0.25, 0.3) is 0 Å². The van der Waals surface area contributed by atoms with Gasteiger partial charge in [-0.2, -0.15) is 13.2 Å². The van der Waals surface area contributed by atoms with Gasteiger partial charge in [-0.1, -0.05) is 4.89 Å². The second-order valence-electron chi connectivity index (χ2n) is 3.56. The van der Waals surface area contributed by atoms with Gasteiger partial charge >= 0.3 is 6.18 Å². The van der Waals surface area contributed by atoms with Crippen LogP contribution >= 0.6 is 0 Å². The number of hydrogen-bond acceptors (Lipinski definition) is 5. The van der Waals surface area contributed by atoms with Crippen molar-refractivity contribution in [2.45, 2.75) is 17.8 Å². The molecule has 0 radical (unpaired) electrons. The minimum Gasteiger partial charge on any atom is -0.278 e. The molecule has 102 valence electrons. The van der Waals surface area contributed by atoms with Crippen molar-refractivity contribution in [2.75, 3.05) is 18.1 Å². The maximum absolute atomic E-state index is 11.7. The lowest BCUT2D eigenvalue weighted by atomic mass is 10.4. The van der Waals surface area contributed by atoms with Gasteiger partial charge in [-0.15, -0.1) is 0 Å². The zero-order valence-corrected chi connectivity index (χ0v) is 10.0. The topological polar surface area (TPSA) is 89.5 Å². The number of alkyl halides is 3. The highest BCUT2D eigenvalue weighted by atomic mass is 32.2. The summed E-state index contributed by atoms with van der Waals surface area (Å²) < 4.78 is 79.7. The Morgan fingerprint density at radius 3 is 2.35 bits per heavy atom. The normalized spacial score (nSPS) is 25.0. The third-order valence-electron chi connectivity index (χ3n) is 2.04. The molecule has 11 heteroatoms. The van der Waals surface area contributed by atoms with Crippen LogP contribution in [0.5, 0.6) is 0 Å². The van der Waals surface area contributed by atoms with Gasteiger partial charge in [0.05, 0.1) is 16.8 Å². The molecule has 0 aromatic heterocycles. The molecule has 1 rings (SSSR count). The first kappa shape index (κ1) is 14.7. The third-order valence-corrected chi connectivity index (χ3v) is 5.65. The molecule has 1 fully saturated rings. The van der Waals surface area contributed by atoms with E-state index in [1.807, 2.05) is 0 Å². The first-order valence-electron chi connectivity index (χ1n) is 4.41. The van der Waals surface area contributed by atoms with E-state index in [0.29, 0.717) is 0 Å². The quantitative estimate of drug-likeness (QED) is 0.712. The van der Waals surface area contributed by atoms with E-state index in [9.17, 15) is 30.0 Å². The Labute approximate surface area is 96.1 Å². The Hall–Kier alpha value is -0.390. The summed E-state index contributed by atoms with van der Waals surface area (Å²) in [6.45, 7) is -1.77. The van der Waals surface area contributed by atoms with E-state index < -0.39 is 43.6 Å². The summed E-state index contributed by atoms with van der Waals surface area (Å²) in [5.74, 6) is -0.893. The highest BCUT2D eigenvalue weighted by Crippen LogP contribution is 2.19. The van der Waals surface area contributed by atoms with Crippen molar-refractivity contribution in [3.63, 3.8) is 0 Å². The molecule has 1 atom stereocenters. The zero-order valence-electron chi connectivity index (χ0n) is 8.40. The molecule has 1 N–H and O–H groups in total.